The van der Waals surface area contributed by atoms with Gasteiger partial charge in [-0.15, -0.1) is 0 Å². The van der Waals surface area contributed by atoms with Crippen LogP contribution in [0.3, 0.4) is 0 Å². The van der Waals surface area contributed by atoms with Crippen molar-refractivity contribution < 1.29 is 48.9 Å². The minimum atomic E-state index is -6.08. The van der Waals surface area contributed by atoms with E-state index < -0.39 is 63.4 Å². The number of carbonyl (C=O) groups is 2. The van der Waals surface area contributed by atoms with E-state index >= 15 is 0 Å². The van der Waals surface area contributed by atoms with E-state index in [1.54, 1.807) is 6.92 Å². The summed E-state index contributed by atoms with van der Waals surface area (Å²) in [7, 11) is -10.1. The van der Waals surface area contributed by atoms with Crippen molar-refractivity contribution in [2.24, 2.45) is 0 Å². The summed E-state index contributed by atoms with van der Waals surface area (Å²) in [5, 5.41) is -5.22. The molecular weight excluding hydrogens is 397 g/mol. The van der Waals surface area contributed by atoms with Gasteiger partial charge in [-0.2, -0.15) is 17.2 Å². The van der Waals surface area contributed by atoms with E-state index in [4.69, 9.17) is 4.55 Å². The fourth-order valence-electron chi connectivity index (χ4n) is 1.79. The number of imide groups is 1. The van der Waals surface area contributed by atoms with Gasteiger partial charge in [0.15, 0.2) is 0 Å². The van der Waals surface area contributed by atoms with Crippen LogP contribution in [0.2, 0.25) is 0 Å². The van der Waals surface area contributed by atoms with E-state index in [-0.39, 0.29) is 17.1 Å². The van der Waals surface area contributed by atoms with Crippen molar-refractivity contribution in [1.82, 2.24) is 9.21 Å². The monoisotopic (exact) mass is 412 g/mol. The molecule has 0 aromatic carbocycles. The van der Waals surface area contributed by atoms with Gasteiger partial charge in [-0.3, -0.25) is 4.55 Å². The van der Waals surface area contributed by atoms with Gasteiger partial charge in [-0.05, 0) is 6.42 Å². The third kappa shape index (κ3) is 4.52. The molecule has 0 aromatic rings. The SMILES string of the molecule is CCCS(=O)(=O)N1CCN(C(=O)OCC(F)C(F)(F)S(=O)(=O)O)C1=O. The van der Waals surface area contributed by atoms with Gasteiger partial charge >= 0.3 is 27.5 Å². The molecule has 0 bridgehead atoms. The molecule has 1 aliphatic rings. The molecular formula is C10H15F3N2O8S2. The van der Waals surface area contributed by atoms with Crippen molar-refractivity contribution in [3.8, 4) is 0 Å². The highest BCUT2D eigenvalue weighted by atomic mass is 32.2. The van der Waals surface area contributed by atoms with Gasteiger partial charge in [0.05, 0.1) is 18.8 Å². The van der Waals surface area contributed by atoms with Crippen LogP contribution in [0.4, 0.5) is 22.8 Å². The smallest absolute Gasteiger partial charge is 0.418 e. The number of hydrogen-bond acceptors (Lipinski definition) is 7. The maximum atomic E-state index is 13.2. The Labute approximate surface area is 141 Å². The van der Waals surface area contributed by atoms with E-state index in [9.17, 15) is 39.6 Å². The second-order valence-electron chi connectivity index (χ2n) is 4.90. The first-order valence-electron chi connectivity index (χ1n) is 6.73. The molecule has 1 fully saturated rings. The normalized spacial score (nSPS) is 17.7. The minimum Gasteiger partial charge on any atom is -0.446 e. The molecule has 1 saturated heterocycles. The summed E-state index contributed by atoms with van der Waals surface area (Å²) in [5.74, 6) is -0.366. The molecule has 10 nitrogen and oxygen atoms in total. The highest BCUT2D eigenvalue weighted by Gasteiger charge is 2.53. The van der Waals surface area contributed by atoms with Crippen LogP contribution in [0.5, 0.6) is 0 Å². The minimum absolute atomic E-state index is 0.199. The topological polar surface area (TPSA) is 138 Å². The Balaban J connectivity index is 2.73. The Morgan fingerprint density at radius 1 is 1.32 bits per heavy atom. The number of halogens is 3. The fraction of sp³-hybridized carbons (Fsp3) is 0.800. The van der Waals surface area contributed by atoms with E-state index in [1.165, 1.54) is 0 Å². The summed E-state index contributed by atoms with van der Waals surface area (Å²) in [6.07, 6.45) is -5.03. The molecule has 146 valence electrons. The van der Waals surface area contributed by atoms with Crippen LogP contribution in [-0.4, -0.2) is 79.6 Å². The van der Waals surface area contributed by atoms with Crippen LogP contribution in [0, 0.1) is 0 Å². The zero-order valence-electron chi connectivity index (χ0n) is 12.8. The lowest BCUT2D eigenvalue weighted by Crippen LogP contribution is -2.44. The predicted octanol–water partition coefficient (Wildman–Crippen LogP) is 0.419. The molecule has 0 aliphatic carbocycles. The molecule has 0 spiro atoms. The van der Waals surface area contributed by atoms with Gasteiger partial charge < -0.3 is 4.74 Å². The zero-order chi connectivity index (χ0) is 19.6. The molecule has 0 radical (unpaired) electrons. The van der Waals surface area contributed by atoms with Crippen LogP contribution in [0.1, 0.15) is 13.3 Å². The molecule has 3 amide bonds. The van der Waals surface area contributed by atoms with Gasteiger partial charge in [0.2, 0.25) is 16.2 Å². The second-order valence-corrected chi connectivity index (χ2v) is 8.41. The van der Waals surface area contributed by atoms with E-state index in [1.807, 2.05) is 0 Å². The summed E-state index contributed by atoms with van der Waals surface area (Å²) < 4.78 is 96.1. The summed E-state index contributed by atoms with van der Waals surface area (Å²) in [5.41, 5.74) is 0. The van der Waals surface area contributed by atoms with Crippen LogP contribution in [0.15, 0.2) is 0 Å². The van der Waals surface area contributed by atoms with Crippen LogP contribution < -0.4 is 0 Å². The second kappa shape index (κ2) is 7.33. The van der Waals surface area contributed by atoms with Gasteiger partial charge in [0, 0.05) is 0 Å². The number of carbonyl (C=O) groups excluding carboxylic acids is 2. The standard InChI is InChI=1S/C10H15F3N2O8S2/c1-2-5-24(18,19)15-4-3-14(8(15)16)9(17)23-6-7(11)10(12,13)25(20,21)22/h7H,2-6H2,1H3,(H,20,21,22). The van der Waals surface area contributed by atoms with Crippen molar-refractivity contribution in [1.29, 1.82) is 0 Å². The molecule has 1 rings (SSSR count). The number of hydrogen-bond donors (Lipinski definition) is 1. The molecule has 15 heteroatoms. The summed E-state index contributed by atoms with van der Waals surface area (Å²) in [6.45, 7) is -1.08. The average Bonchev–Trinajstić information content (AvgIpc) is 2.85. The number of alkyl halides is 3. The lowest BCUT2D eigenvalue weighted by molar-refractivity contribution is -0.0327. The third-order valence-electron chi connectivity index (χ3n) is 3.05. The Hall–Kier alpha value is -1.61. The van der Waals surface area contributed by atoms with Gasteiger partial charge in [-0.25, -0.2) is 31.6 Å². The first kappa shape index (κ1) is 21.4. The van der Waals surface area contributed by atoms with Crippen LogP contribution in [0.25, 0.3) is 0 Å². The van der Waals surface area contributed by atoms with Gasteiger partial charge in [-0.1, -0.05) is 6.92 Å². The highest BCUT2D eigenvalue weighted by molar-refractivity contribution is 7.89. The number of rotatable bonds is 7. The maximum Gasteiger partial charge on any atom is 0.418 e. The quantitative estimate of drug-likeness (QED) is 0.594. The van der Waals surface area contributed by atoms with E-state index in [2.05, 4.69) is 4.74 Å². The number of nitrogens with zero attached hydrogens (tertiary/aromatic N) is 2. The Morgan fingerprint density at radius 2 is 1.88 bits per heavy atom. The molecule has 25 heavy (non-hydrogen) atoms. The molecule has 1 unspecified atom stereocenters. The lowest BCUT2D eigenvalue weighted by Gasteiger charge is -2.20. The molecule has 1 N–H and O–H groups in total. The van der Waals surface area contributed by atoms with Crippen molar-refractivity contribution in [2.45, 2.75) is 24.8 Å². The maximum absolute atomic E-state index is 13.2. The number of ether oxygens (including phenoxy) is 1. The first-order chi connectivity index (χ1) is 11.3. The van der Waals surface area contributed by atoms with Crippen molar-refractivity contribution in [2.75, 3.05) is 25.4 Å². The summed E-state index contributed by atoms with van der Waals surface area (Å²) in [6, 6.07) is -1.30. The lowest BCUT2D eigenvalue weighted by atomic mass is 10.4. The van der Waals surface area contributed by atoms with Crippen molar-refractivity contribution in [3.05, 3.63) is 0 Å². The van der Waals surface area contributed by atoms with Crippen molar-refractivity contribution in [3.63, 3.8) is 0 Å². The summed E-state index contributed by atoms with van der Waals surface area (Å²) >= 11 is 0. The molecule has 1 atom stereocenters. The molecule has 0 aromatic heterocycles. The van der Waals surface area contributed by atoms with E-state index in [0.717, 1.165) is 0 Å². The fourth-order valence-corrected chi connectivity index (χ4v) is 3.62. The highest BCUT2D eigenvalue weighted by Crippen LogP contribution is 2.28. The van der Waals surface area contributed by atoms with Crippen LogP contribution in [-0.2, 0) is 24.9 Å². The Kier molecular flexibility index (Phi) is 6.28. The first-order valence-corrected chi connectivity index (χ1v) is 9.78. The van der Waals surface area contributed by atoms with E-state index in [0.29, 0.717) is 4.31 Å². The van der Waals surface area contributed by atoms with Gasteiger partial charge in [0.1, 0.15) is 6.61 Å². The van der Waals surface area contributed by atoms with Crippen molar-refractivity contribution >= 4 is 32.3 Å². The number of amides is 3. The zero-order valence-corrected chi connectivity index (χ0v) is 14.4. The molecule has 1 aliphatic heterocycles. The summed E-state index contributed by atoms with van der Waals surface area (Å²) in [4.78, 5) is 23.7. The largest absolute Gasteiger partial charge is 0.446 e. The molecule has 0 saturated carbocycles. The number of sulfonamides is 1. The number of urea groups is 1. The molecule has 1 heterocycles. The van der Waals surface area contributed by atoms with Gasteiger partial charge in [0.25, 0.3) is 0 Å². The predicted molar refractivity (Wildman–Crippen MR) is 75.6 cm³/mol. The average molecular weight is 412 g/mol. The van der Waals surface area contributed by atoms with Crippen LogP contribution >= 0.6 is 0 Å². The third-order valence-corrected chi connectivity index (χ3v) is 5.93. The Bertz CT molecular complexity index is 739. The Morgan fingerprint density at radius 3 is 2.36 bits per heavy atom.